The lowest BCUT2D eigenvalue weighted by atomic mass is 10.1. The number of para-hydroxylation sites is 1. The van der Waals surface area contributed by atoms with Gasteiger partial charge in [-0.25, -0.2) is 9.67 Å². The Morgan fingerprint density at radius 3 is 2.48 bits per heavy atom. The second kappa shape index (κ2) is 7.60. The summed E-state index contributed by atoms with van der Waals surface area (Å²) in [4.78, 5) is 10.6. The van der Waals surface area contributed by atoms with Crippen molar-refractivity contribution in [3.63, 3.8) is 0 Å². The van der Waals surface area contributed by atoms with Gasteiger partial charge in [0.15, 0.2) is 0 Å². The number of aromatic nitrogens is 4. The highest BCUT2D eigenvalue weighted by atomic mass is 35.5. The van der Waals surface area contributed by atoms with E-state index in [0.717, 1.165) is 28.3 Å². The zero-order chi connectivity index (χ0) is 18.6. The molecule has 0 saturated carbocycles. The third-order valence-electron chi connectivity index (χ3n) is 4.28. The van der Waals surface area contributed by atoms with Gasteiger partial charge < -0.3 is 4.90 Å². The first-order valence-corrected chi connectivity index (χ1v) is 8.95. The van der Waals surface area contributed by atoms with Gasteiger partial charge in [0, 0.05) is 48.3 Å². The van der Waals surface area contributed by atoms with Crippen molar-refractivity contribution in [2.45, 2.75) is 6.54 Å². The van der Waals surface area contributed by atoms with E-state index in [1.807, 2.05) is 66.3 Å². The molecule has 2 aromatic heterocycles. The van der Waals surface area contributed by atoms with Gasteiger partial charge in [-0.1, -0.05) is 41.9 Å². The Bertz CT molecular complexity index is 1010. The Kier molecular flexibility index (Phi) is 4.85. The van der Waals surface area contributed by atoms with E-state index in [1.165, 1.54) is 0 Å². The van der Waals surface area contributed by atoms with Crippen LogP contribution >= 0.6 is 11.6 Å². The summed E-state index contributed by atoms with van der Waals surface area (Å²) in [6, 6.07) is 17.8. The topological polar surface area (TPSA) is 46.8 Å². The third-order valence-corrected chi connectivity index (χ3v) is 4.53. The third kappa shape index (κ3) is 3.83. The maximum absolute atomic E-state index is 6.06. The second-order valence-corrected chi connectivity index (χ2v) is 6.65. The molecule has 0 bridgehead atoms. The maximum Gasteiger partial charge on any atom is 0.147 e. The van der Waals surface area contributed by atoms with E-state index in [4.69, 9.17) is 16.7 Å². The smallest absolute Gasteiger partial charge is 0.147 e. The van der Waals surface area contributed by atoms with Crippen LogP contribution in [0.5, 0.6) is 0 Å². The number of hydrogen-bond donors (Lipinski definition) is 0. The fourth-order valence-electron chi connectivity index (χ4n) is 2.91. The molecule has 134 valence electrons. The minimum atomic E-state index is 0.656. The molecule has 27 heavy (non-hydrogen) atoms. The molecular weight excluding hydrogens is 358 g/mol. The van der Waals surface area contributed by atoms with E-state index in [0.29, 0.717) is 11.6 Å². The summed E-state index contributed by atoms with van der Waals surface area (Å²) in [6.45, 7) is 0.656. The van der Waals surface area contributed by atoms with Crippen LogP contribution < -0.4 is 4.90 Å². The Labute approximate surface area is 162 Å². The number of anilines is 1. The van der Waals surface area contributed by atoms with Crippen LogP contribution in [0, 0.1) is 0 Å². The monoisotopic (exact) mass is 375 g/mol. The average molecular weight is 376 g/mol. The number of rotatable bonds is 5. The predicted molar refractivity (Wildman–Crippen MR) is 108 cm³/mol. The van der Waals surface area contributed by atoms with Crippen LogP contribution in [0.3, 0.4) is 0 Å². The lowest BCUT2D eigenvalue weighted by Crippen LogP contribution is -2.17. The molecule has 0 radical (unpaired) electrons. The Morgan fingerprint density at radius 1 is 1.00 bits per heavy atom. The molecule has 0 saturated heterocycles. The molecule has 0 spiro atoms. The highest BCUT2D eigenvalue weighted by Crippen LogP contribution is 2.26. The molecule has 0 unspecified atom stereocenters. The van der Waals surface area contributed by atoms with Gasteiger partial charge in [0.2, 0.25) is 0 Å². The predicted octanol–water partition coefficient (Wildman–Crippen LogP) is 4.62. The van der Waals surface area contributed by atoms with Crippen molar-refractivity contribution < 1.29 is 0 Å². The molecule has 6 heteroatoms. The molecule has 0 amide bonds. The van der Waals surface area contributed by atoms with Gasteiger partial charge in [-0.15, -0.1) is 0 Å². The first-order valence-electron chi connectivity index (χ1n) is 8.58. The maximum atomic E-state index is 6.06. The summed E-state index contributed by atoms with van der Waals surface area (Å²) in [6.07, 6.45) is 7.18. The van der Waals surface area contributed by atoms with E-state index in [-0.39, 0.29) is 0 Å². The lowest BCUT2D eigenvalue weighted by Gasteiger charge is -2.17. The van der Waals surface area contributed by atoms with Crippen molar-refractivity contribution in [3.8, 4) is 16.9 Å². The van der Waals surface area contributed by atoms with Gasteiger partial charge in [-0.2, -0.15) is 5.10 Å². The van der Waals surface area contributed by atoms with Gasteiger partial charge in [-0.3, -0.25) is 4.98 Å². The summed E-state index contributed by atoms with van der Waals surface area (Å²) in [7, 11) is 2.00. The molecule has 0 N–H and O–H groups in total. The minimum absolute atomic E-state index is 0.656. The fourth-order valence-corrected chi connectivity index (χ4v) is 3.04. The standard InChI is InChI=1S/C21H18ClN5/c1-26(20-13-23-11-12-24-20)14-17-15-27(19-5-3-2-4-6-19)25-21(17)16-7-9-18(22)10-8-16/h2-13,15H,14H2,1H3. The lowest BCUT2D eigenvalue weighted by molar-refractivity contribution is 0.874. The molecule has 0 aliphatic carbocycles. The van der Waals surface area contributed by atoms with Crippen molar-refractivity contribution >= 4 is 17.4 Å². The molecular formula is C21H18ClN5. The van der Waals surface area contributed by atoms with Crippen molar-refractivity contribution in [1.82, 2.24) is 19.7 Å². The quantitative estimate of drug-likeness (QED) is 0.510. The van der Waals surface area contributed by atoms with Crippen molar-refractivity contribution in [2.24, 2.45) is 0 Å². The van der Waals surface area contributed by atoms with E-state index in [2.05, 4.69) is 21.1 Å². The number of halogens is 1. The van der Waals surface area contributed by atoms with Gasteiger partial charge in [0.1, 0.15) is 5.82 Å². The van der Waals surface area contributed by atoms with Gasteiger partial charge >= 0.3 is 0 Å². The Hall–Kier alpha value is -3.18. The van der Waals surface area contributed by atoms with Crippen LogP contribution in [0.4, 0.5) is 5.82 Å². The zero-order valence-corrected chi connectivity index (χ0v) is 15.6. The zero-order valence-electron chi connectivity index (χ0n) is 14.8. The summed E-state index contributed by atoms with van der Waals surface area (Å²) in [5.74, 6) is 0.812. The fraction of sp³-hybridized carbons (Fsp3) is 0.0952. The minimum Gasteiger partial charge on any atom is -0.354 e. The number of hydrogen-bond acceptors (Lipinski definition) is 4. The number of benzene rings is 2. The number of nitrogens with zero attached hydrogens (tertiary/aromatic N) is 5. The largest absolute Gasteiger partial charge is 0.354 e. The normalized spacial score (nSPS) is 10.7. The molecule has 0 aliphatic rings. The second-order valence-electron chi connectivity index (χ2n) is 6.21. The van der Waals surface area contributed by atoms with E-state index in [9.17, 15) is 0 Å². The Morgan fingerprint density at radius 2 is 1.78 bits per heavy atom. The van der Waals surface area contributed by atoms with E-state index >= 15 is 0 Å². The highest BCUT2D eigenvalue weighted by molar-refractivity contribution is 6.30. The average Bonchev–Trinajstić information content (AvgIpc) is 3.13. The summed E-state index contributed by atoms with van der Waals surface area (Å²) in [5, 5.41) is 5.55. The van der Waals surface area contributed by atoms with Gasteiger partial charge in [0.05, 0.1) is 17.6 Å². The molecule has 2 heterocycles. The van der Waals surface area contributed by atoms with E-state index < -0.39 is 0 Å². The van der Waals surface area contributed by atoms with Gasteiger partial charge in [-0.05, 0) is 24.3 Å². The van der Waals surface area contributed by atoms with Crippen molar-refractivity contribution in [2.75, 3.05) is 11.9 Å². The first-order chi connectivity index (χ1) is 13.2. The van der Waals surface area contributed by atoms with Crippen molar-refractivity contribution in [1.29, 1.82) is 0 Å². The molecule has 4 aromatic rings. The molecule has 2 aromatic carbocycles. The van der Waals surface area contributed by atoms with Crippen LogP contribution in [0.25, 0.3) is 16.9 Å². The molecule has 4 rings (SSSR count). The molecule has 5 nitrogen and oxygen atoms in total. The molecule has 0 atom stereocenters. The summed E-state index contributed by atoms with van der Waals surface area (Å²) in [5.41, 5.74) is 4.05. The Balaban J connectivity index is 1.74. The van der Waals surface area contributed by atoms with Crippen LogP contribution in [0.1, 0.15) is 5.56 Å². The summed E-state index contributed by atoms with van der Waals surface area (Å²) >= 11 is 6.06. The SMILES string of the molecule is CN(Cc1cn(-c2ccccc2)nc1-c1ccc(Cl)cc1)c1cnccn1. The van der Waals surface area contributed by atoms with Crippen molar-refractivity contribution in [3.05, 3.63) is 90.0 Å². The van der Waals surface area contributed by atoms with E-state index in [1.54, 1.807) is 18.6 Å². The van der Waals surface area contributed by atoms with Crippen LogP contribution in [0.15, 0.2) is 79.4 Å². The molecule has 0 fully saturated rings. The molecule has 0 aliphatic heterocycles. The highest BCUT2D eigenvalue weighted by Gasteiger charge is 2.15. The van der Waals surface area contributed by atoms with Gasteiger partial charge in [0.25, 0.3) is 0 Å². The van der Waals surface area contributed by atoms with Crippen LogP contribution in [-0.2, 0) is 6.54 Å². The first kappa shape index (κ1) is 17.2. The van der Waals surface area contributed by atoms with Crippen LogP contribution in [-0.4, -0.2) is 26.8 Å². The van der Waals surface area contributed by atoms with Crippen LogP contribution in [0.2, 0.25) is 5.02 Å². The summed E-state index contributed by atoms with van der Waals surface area (Å²) < 4.78 is 1.91.